The number of thioether (sulfide) groups is 1. The van der Waals surface area contributed by atoms with Crippen LogP contribution in [0.3, 0.4) is 0 Å². The molecule has 40 heteroatoms. The molecule has 0 aromatic carbocycles. The molecule has 0 aliphatic carbocycles. The average Bonchev–Trinajstić information content (AvgIpc) is 0.860. The fourth-order valence-electron chi connectivity index (χ4n) is 9.53. The molecule has 38 nitrogen and oxygen atoms in total. The molecule has 27 N–H and O–H groups in total. The molecule has 0 aliphatic rings. The fourth-order valence-corrected chi connectivity index (χ4v) is 10.3. The maximum atomic E-state index is 14.0. The molecule has 0 saturated heterocycles. The molecule has 0 saturated carbocycles. The van der Waals surface area contributed by atoms with E-state index in [0.29, 0.717) is 12.2 Å². The predicted molar refractivity (Wildman–Crippen MR) is 383 cm³/mol. The standard InChI is InChI=1S/C62H114N20O18S2/c1-29(2)21-35(63)49(88)73-37(17-20-102-12)51(90)76-40(23-31(5)6)53(92)80-46(32(7)8)57(96)71-24-44(86)70-25-45(87)72-41(26-83)54(93)78-42(27-84)55(94)82-48(34(11)85)59(98)77-39(22-30(3)4)52(91)79-43(28-101)56(95)81-47(33(9)10)58(97)74-36(15-13-18-68-61(64)65)50(89)75-38(60(99)100)16-14-19-69-62(66)67/h29-43,46-48,83-85,101H,13-28,63H2,1-12H3,(H,70,86)(H,71,96)(H,72,87)(H,73,88)(H,74,97)(H,75,89)(H,76,90)(H,77,98)(H,78,93)(H,79,91)(H,80,92)(H,81,95)(H,82,94)(H,99,100)(H4,64,65,68)(H4,66,67,69)/t34-,35+,36+,37+,38+,39+,40+,41+,42+,43+,46+,47+,48+/m1/s1. The Hall–Kier alpha value is -8.34. The minimum absolute atomic E-state index is 0.0237. The Morgan fingerprint density at radius 1 is 0.412 bits per heavy atom. The first-order valence-corrected chi connectivity index (χ1v) is 35.6. The number of hydrogen-bond donors (Lipinski definition) is 23. The van der Waals surface area contributed by atoms with Gasteiger partial charge in [-0.1, -0.05) is 69.2 Å². The largest absolute Gasteiger partial charge is 0.480 e. The van der Waals surface area contributed by atoms with E-state index in [4.69, 9.17) is 28.7 Å². The summed E-state index contributed by atoms with van der Waals surface area (Å²) in [5.74, 6) is -15.3. The highest BCUT2D eigenvalue weighted by atomic mass is 32.2. The zero-order valence-corrected chi connectivity index (χ0v) is 62.1. The maximum Gasteiger partial charge on any atom is 0.326 e. The van der Waals surface area contributed by atoms with Crippen molar-refractivity contribution in [1.29, 1.82) is 0 Å². The van der Waals surface area contributed by atoms with E-state index >= 15 is 0 Å². The number of aliphatic imine (C=N–C) groups is 2. The number of nitrogens with zero attached hydrogens (tertiary/aromatic N) is 2. The molecule has 13 atom stereocenters. The molecule has 0 aromatic heterocycles. The van der Waals surface area contributed by atoms with Crippen molar-refractivity contribution in [2.24, 2.45) is 68.2 Å². The second kappa shape index (κ2) is 49.3. The first-order chi connectivity index (χ1) is 47.6. The number of hydrogen-bond acceptors (Lipinski definition) is 22. The third-order valence-corrected chi connectivity index (χ3v) is 16.0. The van der Waals surface area contributed by atoms with Crippen LogP contribution >= 0.6 is 24.4 Å². The van der Waals surface area contributed by atoms with E-state index in [9.17, 15) is 87.5 Å². The number of carboxylic acid groups (broad SMARTS) is 1. The Bertz CT molecular complexity index is 2830. The molecule has 102 heavy (non-hydrogen) atoms. The van der Waals surface area contributed by atoms with Crippen LogP contribution in [0.1, 0.15) is 128 Å². The van der Waals surface area contributed by atoms with Crippen LogP contribution in [-0.2, 0) is 67.1 Å². The van der Waals surface area contributed by atoms with Crippen LogP contribution in [0, 0.1) is 29.6 Å². The number of carbonyl (C=O) groups excluding carboxylic acids is 13. The molecule has 13 amide bonds. The number of thiol groups is 1. The first-order valence-electron chi connectivity index (χ1n) is 33.6. The lowest BCUT2D eigenvalue weighted by Crippen LogP contribution is -2.63. The van der Waals surface area contributed by atoms with Gasteiger partial charge >= 0.3 is 5.97 Å². The third-order valence-electron chi connectivity index (χ3n) is 15.0. The monoisotopic (exact) mass is 1490 g/mol. The van der Waals surface area contributed by atoms with Crippen molar-refractivity contribution in [2.45, 2.75) is 206 Å². The van der Waals surface area contributed by atoms with Crippen LogP contribution in [0.25, 0.3) is 0 Å². The van der Waals surface area contributed by atoms with E-state index in [2.05, 4.69) is 91.7 Å². The Kier molecular flexibility index (Phi) is 45.3. The van der Waals surface area contributed by atoms with Crippen LogP contribution in [-0.4, -0.2) is 251 Å². The quantitative estimate of drug-likeness (QED) is 0.0116. The molecule has 0 unspecified atom stereocenters. The lowest BCUT2D eigenvalue weighted by molar-refractivity contribution is -0.142. The van der Waals surface area contributed by atoms with Crippen molar-refractivity contribution >= 4 is 119 Å². The van der Waals surface area contributed by atoms with Crippen molar-refractivity contribution in [3.63, 3.8) is 0 Å². The number of rotatable bonds is 50. The van der Waals surface area contributed by atoms with Gasteiger partial charge in [-0.3, -0.25) is 72.3 Å². The molecular weight excluding hydrogens is 1380 g/mol. The zero-order chi connectivity index (χ0) is 78.3. The summed E-state index contributed by atoms with van der Waals surface area (Å²) in [5, 5.41) is 72.3. The summed E-state index contributed by atoms with van der Waals surface area (Å²) < 4.78 is 0. The lowest BCUT2D eigenvalue weighted by Gasteiger charge is -2.29. The topological polar surface area (TPSA) is 631 Å². The number of carbonyl (C=O) groups is 14. The van der Waals surface area contributed by atoms with E-state index in [0.717, 1.165) is 6.92 Å². The Morgan fingerprint density at radius 2 is 0.765 bits per heavy atom. The minimum Gasteiger partial charge on any atom is -0.480 e. The van der Waals surface area contributed by atoms with Gasteiger partial charge in [0.15, 0.2) is 11.9 Å². The summed E-state index contributed by atoms with van der Waals surface area (Å²) in [6.45, 7) is 14.6. The second-order valence-corrected chi connectivity index (χ2v) is 27.6. The molecule has 0 rings (SSSR count). The average molecular weight is 1490 g/mol. The van der Waals surface area contributed by atoms with Gasteiger partial charge in [-0.2, -0.15) is 24.4 Å². The van der Waals surface area contributed by atoms with Crippen molar-refractivity contribution in [1.82, 2.24) is 69.1 Å². The molecule has 0 spiro atoms. The van der Waals surface area contributed by atoms with Gasteiger partial charge in [-0.25, -0.2) is 4.79 Å². The van der Waals surface area contributed by atoms with E-state index in [-0.39, 0.29) is 93.5 Å². The number of amides is 13. The van der Waals surface area contributed by atoms with E-state index in [1.807, 2.05) is 34.0 Å². The van der Waals surface area contributed by atoms with Gasteiger partial charge in [-0.15, -0.1) is 0 Å². The maximum absolute atomic E-state index is 14.0. The zero-order valence-electron chi connectivity index (χ0n) is 60.3. The minimum atomic E-state index is -1.91. The normalized spacial score (nSPS) is 15.1. The summed E-state index contributed by atoms with van der Waals surface area (Å²) >= 11 is 5.68. The number of guanidine groups is 2. The predicted octanol–water partition coefficient (Wildman–Crippen LogP) is -7.43. The van der Waals surface area contributed by atoms with Gasteiger partial charge in [0.2, 0.25) is 76.8 Å². The molecule has 582 valence electrons. The van der Waals surface area contributed by atoms with Gasteiger partial charge in [0.05, 0.1) is 38.4 Å². The van der Waals surface area contributed by atoms with E-state index in [1.54, 1.807) is 41.5 Å². The molecule has 0 radical (unpaired) electrons. The lowest BCUT2D eigenvalue weighted by atomic mass is 9.99. The van der Waals surface area contributed by atoms with E-state index in [1.165, 1.54) is 11.8 Å². The van der Waals surface area contributed by atoms with Gasteiger partial charge < -0.3 is 118 Å². The number of aliphatic hydroxyl groups excluding tert-OH is 3. The summed E-state index contributed by atoms with van der Waals surface area (Å²) in [6, 6.07) is -17.0. The van der Waals surface area contributed by atoms with E-state index < -0.39 is 200 Å². The van der Waals surface area contributed by atoms with Crippen molar-refractivity contribution < 1.29 is 87.5 Å². The van der Waals surface area contributed by atoms with Crippen molar-refractivity contribution in [2.75, 3.05) is 57.2 Å². The Morgan fingerprint density at radius 3 is 1.22 bits per heavy atom. The number of nitrogens with two attached hydrogens (primary N) is 5. The van der Waals surface area contributed by atoms with Crippen LogP contribution in [0.15, 0.2) is 9.98 Å². The number of aliphatic hydroxyl groups is 3. The first kappa shape index (κ1) is 93.7. The molecule has 0 fully saturated rings. The highest BCUT2D eigenvalue weighted by Gasteiger charge is 2.38. The molecule has 0 bridgehead atoms. The Labute approximate surface area is 604 Å². The second-order valence-electron chi connectivity index (χ2n) is 26.3. The summed E-state index contributed by atoms with van der Waals surface area (Å²) in [7, 11) is 0. The van der Waals surface area contributed by atoms with Crippen molar-refractivity contribution in [3.8, 4) is 0 Å². The number of nitrogens with one attached hydrogen (secondary N) is 13. The summed E-state index contributed by atoms with van der Waals surface area (Å²) in [4.78, 5) is 196. The highest BCUT2D eigenvalue weighted by Crippen LogP contribution is 2.14. The Balaban J connectivity index is 6.07. The van der Waals surface area contributed by atoms with Crippen LogP contribution in [0.5, 0.6) is 0 Å². The van der Waals surface area contributed by atoms with Crippen LogP contribution < -0.4 is 97.8 Å². The highest BCUT2D eigenvalue weighted by molar-refractivity contribution is 7.98. The summed E-state index contributed by atoms with van der Waals surface area (Å²) in [5.41, 5.74) is 27.6. The van der Waals surface area contributed by atoms with Gasteiger partial charge in [0.1, 0.15) is 66.5 Å². The third kappa shape index (κ3) is 37.5. The van der Waals surface area contributed by atoms with Crippen molar-refractivity contribution in [3.05, 3.63) is 0 Å². The number of aliphatic carboxylic acids is 1. The SMILES string of the molecule is CSCC[C@H](NC(=O)[C@@H](N)CC(C)C)C(=O)N[C@@H](CC(C)C)C(=O)N[C@H](C(=O)NCC(=O)NCC(=O)N[C@@H](CO)C(=O)N[C@@H](CO)C(=O)N[C@H](C(=O)N[C@@H](CC(C)C)C(=O)N[C@@H](CS)C(=O)N[C@H](C(=O)N[C@@H](CCCN=C(N)N)C(=O)N[C@@H](CCCN=C(N)N)C(=O)O)C(C)C)[C@@H](C)O)C(C)C. The molecule has 0 heterocycles. The smallest absolute Gasteiger partial charge is 0.326 e. The van der Waals surface area contributed by atoms with Gasteiger partial charge in [0, 0.05) is 18.8 Å². The molecule has 0 aliphatic heterocycles. The van der Waals surface area contributed by atoms with Gasteiger partial charge in [0.25, 0.3) is 0 Å². The van der Waals surface area contributed by atoms with Gasteiger partial charge in [-0.05, 0) is 99.9 Å². The molecule has 0 aromatic rings. The molecular formula is C62H114N20O18S2. The summed E-state index contributed by atoms with van der Waals surface area (Å²) in [6.07, 6.45) is 0.872. The number of carboxylic acids is 1. The fraction of sp³-hybridized carbons (Fsp3) is 0.742. The van der Waals surface area contributed by atoms with Crippen LogP contribution in [0.2, 0.25) is 0 Å². The van der Waals surface area contributed by atoms with Crippen LogP contribution in [0.4, 0.5) is 0 Å².